The molecule has 0 heterocycles. The molecule has 0 saturated heterocycles. The van der Waals surface area contributed by atoms with Gasteiger partial charge in [0.1, 0.15) is 6.04 Å². The molecule has 8 heteroatoms. The monoisotopic (exact) mass is 448 g/mol. The van der Waals surface area contributed by atoms with E-state index in [2.05, 4.69) is 10.0 Å². The second kappa shape index (κ2) is 12.5. The average molecular weight is 449 g/mol. The Morgan fingerprint density at radius 1 is 1.10 bits per heavy atom. The van der Waals surface area contributed by atoms with Gasteiger partial charge < -0.3 is 10.1 Å². The molecule has 2 aromatic carbocycles. The van der Waals surface area contributed by atoms with Crippen molar-refractivity contribution in [2.45, 2.75) is 25.6 Å². The van der Waals surface area contributed by atoms with E-state index in [0.29, 0.717) is 25.3 Å². The molecule has 2 aromatic rings. The summed E-state index contributed by atoms with van der Waals surface area (Å²) in [6, 6.07) is 15.9. The summed E-state index contributed by atoms with van der Waals surface area (Å²) in [4.78, 5) is 12.7. The maximum Gasteiger partial charge on any atom is 0.238 e. The topological polar surface area (TPSA) is 84.5 Å². The summed E-state index contributed by atoms with van der Waals surface area (Å²) >= 11 is 1.56. The fourth-order valence-corrected chi connectivity index (χ4v) is 4.29. The van der Waals surface area contributed by atoms with Crippen molar-refractivity contribution in [3.8, 4) is 0 Å². The molecule has 2 rings (SSSR count). The highest BCUT2D eigenvalue weighted by Crippen LogP contribution is 2.11. The predicted octanol–water partition coefficient (Wildman–Crippen LogP) is 3.16. The van der Waals surface area contributed by atoms with E-state index < -0.39 is 16.1 Å². The molecule has 0 fully saturated rings. The van der Waals surface area contributed by atoms with Crippen LogP contribution in [0.1, 0.15) is 23.1 Å². The molecule has 0 saturated carbocycles. The molecule has 1 atom stereocenters. The molecule has 1 amide bonds. The molecule has 0 radical (unpaired) electrons. The Morgan fingerprint density at radius 2 is 1.77 bits per heavy atom. The zero-order valence-electron chi connectivity index (χ0n) is 17.2. The molecule has 0 bridgehead atoms. The molecular formula is C22H28N2O4S2. The number of carbonyl (C=O) groups excluding carboxylic acids is 1. The highest BCUT2D eigenvalue weighted by atomic mass is 32.2. The molecule has 30 heavy (non-hydrogen) atoms. The van der Waals surface area contributed by atoms with Gasteiger partial charge in [0.05, 0.1) is 6.61 Å². The van der Waals surface area contributed by atoms with E-state index in [1.54, 1.807) is 31.0 Å². The van der Waals surface area contributed by atoms with Crippen molar-refractivity contribution in [2.75, 3.05) is 19.1 Å². The van der Waals surface area contributed by atoms with Crippen molar-refractivity contribution in [3.63, 3.8) is 0 Å². The van der Waals surface area contributed by atoms with Crippen molar-refractivity contribution >= 4 is 33.8 Å². The largest absolute Gasteiger partial charge is 0.380 e. The van der Waals surface area contributed by atoms with Gasteiger partial charge in [0.15, 0.2) is 0 Å². The fraction of sp³-hybridized carbons (Fsp3) is 0.318. The van der Waals surface area contributed by atoms with Crippen molar-refractivity contribution in [3.05, 3.63) is 76.7 Å². The van der Waals surface area contributed by atoms with E-state index in [1.807, 2.05) is 48.7 Å². The molecule has 0 spiro atoms. The Kier molecular flexibility index (Phi) is 10.1. The van der Waals surface area contributed by atoms with E-state index in [9.17, 15) is 13.2 Å². The molecule has 0 aliphatic carbocycles. The van der Waals surface area contributed by atoms with Gasteiger partial charge in [0.2, 0.25) is 15.9 Å². The minimum absolute atomic E-state index is 0.301. The molecule has 1 unspecified atom stereocenters. The van der Waals surface area contributed by atoms with Gasteiger partial charge in [-0.15, -0.1) is 0 Å². The van der Waals surface area contributed by atoms with Gasteiger partial charge in [-0.2, -0.15) is 16.5 Å². The van der Waals surface area contributed by atoms with Gasteiger partial charge in [-0.1, -0.05) is 54.6 Å². The smallest absolute Gasteiger partial charge is 0.238 e. The molecular weight excluding hydrogens is 420 g/mol. The number of benzene rings is 2. The van der Waals surface area contributed by atoms with Crippen LogP contribution in [0.4, 0.5) is 0 Å². The number of hydrogen-bond donors (Lipinski definition) is 2. The van der Waals surface area contributed by atoms with Gasteiger partial charge >= 0.3 is 0 Å². The minimum Gasteiger partial charge on any atom is -0.380 e. The van der Waals surface area contributed by atoms with E-state index >= 15 is 0 Å². The van der Waals surface area contributed by atoms with Gasteiger partial charge in [0.25, 0.3) is 0 Å². The lowest BCUT2D eigenvalue weighted by molar-refractivity contribution is -0.122. The Balaban J connectivity index is 2.05. The first-order valence-corrected chi connectivity index (χ1v) is 12.5. The maximum atomic E-state index is 12.7. The molecule has 0 aliphatic rings. The summed E-state index contributed by atoms with van der Waals surface area (Å²) in [5.74, 6) is 0.302. The van der Waals surface area contributed by atoms with E-state index in [4.69, 9.17) is 4.74 Å². The van der Waals surface area contributed by atoms with Gasteiger partial charge in [-0.3, -0.25) is 4.79 Å². The fourth-order valence-electron chi connectivity index (χ4n) is 2.78. The number of hydrogen-bond acceptors (Lipinski definition) is 5. The Bertz CT molecular complexity index is 931. The van der Waals surface area contributed by atoms with Crippen LogP contribution >= 0.6 is 11.8 Å². The van der Waals surface area contributed by atoms with E-state index in [1.165, 1.54) is 6.08 Å². The van der Waals surface area contributed by atoms with Crippen LogP contribution in [0, 0.1) is 0 Å². The number of nitrogens with one attached hydrogen (secondary N) is 2. The second-order valence-electron chi connectivity index (χ2n) is 6.63. The molecule has 162 valence electrons. The zero-order valence-corrected chi connectivity index (χ0v) is 18.8. The molecule has 6 nitrogen and oxygen atoms in total. The zero-order chi connectivity index (χ0) is 21.8. The minimum atomic E-state index is -3.77. The summed E-state index contributed by atoms with van der Waals surface area (Å²) in [5.41, 5.74) is 2.68. The highest BCUT2D eigenvalue weighted by Gasteiger charge is 2.22. The average Bonchev–Trinajstić information content (AvgIpc) is 2.75. The Labute approximate surface area is 183 Å². The van der Waals surface area contributed by atoms with Crippen LogP contribution < -0.4 is 10.0 Å². The highest BCUT2D eigenvalue weighted by molar-refractivity contribution is 7.98. The van der Waals surface area contributed by atoms with Gasteiger partial charge in [-0.05, 0) is 41.2 Å². The first kappa shape index (κ1) is 24.1. The molecule has 0 aromatic heterocycles. The van der Waals surface area contributed by atoms with Gasteiger partial charge in [0, 0.05) is 19.1 Å². The van der Waals surface area contributed by atoms with Crippen molar-refractivity contribution in [1.82, 2.24) is 10.0 Å². The van der Waals surface area contributed by atoms with Crippen LogP contribution in [-0.2, 0) is 32.7 Å². The number of sulfonamides is 1. The lowest BCUT2D eigenvalue weighted by atomic mass is 10.1. The number of rotatable bonds is 12. The SMILES string of the molecule is COCc1ccccc1CNC(=O)C(CCSC)NS(=O)(=O)/C=C/c1ccccc1. The predicted molar refractivity (Wildman–Crippen MR) is 123 cm³/mol. The third kappa shape index (κ3) is 8.31. The summed E-state index contributed by atoms with van der Waals surface area (Å²) < 4.78 is 32.7. The van der Waals surface area contributed by atoms with Crippen LogP contribution in [-0.4, -0.2) is 39.5 Å². The number of carbonyl (C=O) groups is 1. The molecule has 0 aliphatic heterocycles. The lowest BCUT2D eigenvalue weighted by Gasteiger charge is -2.18. The first-order valence-electron chi connectivity index (χ1n) is 9.53. The van der Waals surface area contributed by atoms with Gasteiger partial charge in [-0.25, -0.2) is 8.42 Å². The Morgan fingerprint density at radius 3 is 2.43 bits per heavy atom. The van der Waals surface area contributed by atoms with Crippen LogP contribution in [0.5, 0.6) is 0 Å². The summed E-state index contributed by atoms with van der Waals surface area (Å²) in [6.07, 6.45) is 3.82. The normalized spacial score (nSPS) is 12.7. The lowest BCUT2D eigenvalue weighted by Crippen LogP contribution is -2.46. The number of methoxy groups -OCH3 is 1. The van der Waals surface area contributed by atoms with Crippen LogP contribution in [0.15, 0.2) is 60.0 Å². The number of amides is 1. The quantitative estimate of drug-likeness (QED) is 0.521. The summed E-state index contributed by atoms with van der Waals surface area (Å²) in [5, 5.41) is 3.94. The Hall–Kier alpha value is -2.13. The van der Waals surface area contributed by atoms with Crippen LogP contribution in [0.3, 0.4) is 0 Å². The third-order valence-corrected chi connectivity index (χ3v) is 6.10. The summed E-state index contributed by atoms with van der Waals surface area (Å²) in [6.45, 7) is 0.745. The van der Waals surface area contributed by atoms with Crippen molar-refractivity contribution in [1.29, 1.82) is 0 Å². The molecule has 2 N–H and O–H groups in total. The number of thioether (sulfide) groups is 1. The second-order valence-corrected chi connectivity index (χ2v) is 9.21. The van der Waals surface area contributed by atoms with Crippen molar-refractivity contribution in [2.24, 2.45) is 0 Å². The maximum absolute atomic E-state index is 12.7. The van der Waals surface area contributed by atoms with E-state index in [-0.39, 0.29) is 5.91 Å². The first-order chi connectivity index (χ1) is 14.4. The van der Waals surface area contributed by atoms with E-state index in [0.717, 1.165) is 22.1 Å². The van der Waals surface area contributed by atoms with Crippen LogP contribution in [0.2, 0.25) is 0 Å². The summed E-state index contributed by atoms with van der Waals surface area (Å²) in [7, 11) is -2.16. The standard InChI is InChI=1S/C22H28N2O4S2/c1-28-17-20-11-7-6-10-19(20)16-23-22(25)21(12-14-29-2)24-30(26,27)15-13-18-8-4-3-5-9-18/h3-11,13,15,21,24H,12,14,16-17H2,1-2H3,(H,23,25)/b15-13+. The third-order valence-electron chi connectivity index (χ3n) is 4.34. The van der Waals surface area contributed by atoms with Crippen LogP contribution in [0.25, 0.3) is 6.08 Å². The number of ether oxygens (including phenoxy) is 1. The van der Waals surface area contributed by atoms with Crippen molar-refractivity contribution < 1.29 is 17.9 Å².